The lowest BCUT2D eigenvalue weighted by molar-refractivity contribution is 0.256. The quantitative estimate of drug-likeness (QED) is 0.463. The van der Waals surface area contributed by atoms with Gasteiger partial charge in [-0.05, 0) is 43.7 Å². The van der Waals surface area contributed by atoms with Gasteiger partial charge in [-0.15, -0.1) is 12.4 Å². The summed E-state index contributed by atoms with van der Waals surface area (Å²) in [5.74, 6) is 1.02. The smallest absolute Gasteiger partial charge is 0.326 e. The van der Waals surface area contributed by atoms with E-state index < -0.39 is 6.03 Å². The van der Waals surface area contributed by atoms with E-state index in [1.54, 1.807) is 0 Å². The van der Waals surface area contributed by atoms with Gasteiger partial charge < -0.3 is 11.5 Å². The molecule has 0 aromatic heterocycles. The highest BCUT2D eigenvalue weighted by atomic mass is 35.5. The van der Waals surface area contributed by atoms with Gasteiger partial charge in [-0.3, -0.25) is 4.99 Å². The van der Waals surface area contributed by atoms with Gasteiger partial charge in [-0.1, -0.05) is 50.3 Å². The van der Waals surface area contributed by atoms with Crippen molar-refractivity contribution in [2.24, 2.45) is 22.4 Å². The van der Waals surface area contributed by atoms with Crippen LogP contribution in [-0.4, -0.2) is 18.5 Å². The molecule has 1 aromatic rings. The third-order valence-electron chi connectivity index (χ3n) is 4.88. The number of primary amides is 1. The van der Waals surface area contributed by atoms with Crippen LogP contribution in [0.3, 0.4) is 0 Å². The number of hydrogen-bond donors (Lipinski definition) is 2. The Balaban J connectivity index is 0.00000312. The molecule has 5 nitrogen and oxygen atoms in total. The zero-order valence-electron chi connectivity index (χ0n) is 15.3. The van der Waals surface area contributed by atoms with Crippen LogP contribution in [-0.2, 0) is 0 Å². The van der Waals surface area contributed by atoms with Crippen LogP contribution < -0.4 is 16.4 Å². The number of carbonyl (C=O) groups excluding carboxylic acids is 1. The van der Waals surface area contributed by atoms with Gasteiger partial charge in [-0.25, -0.2) is 9.69 Å². The van der Waals surface area contributed by atoms with E-state index in [1.165, 1.54) is 43.4 Å². The average Bonchev–Trinajstić information content (AvgIpc) is 2.55. The molecule has 0 heterocycles. The first-order valence-corrected chi connectivity index (χ1v) is 8.96. The molecule has 25 heavy (non-hydrogen) atoms. The molecular formula is C19H31ClN4O. The number of guanidine groups is 1. The highest BCUT2D eigenvalue weighted by Gasteiger charge is 2.20. The summed E-state index contributed by atoms with van der Waals surface area (Å²) < 4.78 is 0. The van der Waals surface area contributed by atoms with Crippen molar-refractivity contribution in [2.45, 2.75) is 58.8 Å². The first-order valence-electron chi connectivity index (χ1n) is 8.96. The van der Waals surface area contributed by atoms with Crippen LogP contribution >= 0.6 is 12.4 Å². The fourth-order valence-electron chi connectivity index (χ4n) is 3.62. The van der Waals surface area contributed by atoms with Crippen LogP contribution in [0.5, 0.6) is 0 Å². The van der Waals surface area contributed by atoms with Crippen molar-refractivity contribution < 1.29 is 4.79 Å². The molecule has 0 radical (unpaired) electrons. The van der Waals surface area contributed by atoms with Crippen molar-refractivity contribution in [2.75, 3.05) is 11.4 Å². The SMILES string of the molecule is Cc1cccc(C)c1N(C(N)=O)C(N)=NCCCC1CCCCC1.Cl. The second-order valence-corrected chi connectivity index (χ2v) is 6.80. The summed E-state index contributed by atoms with van der Waals surface area (Å²) in [7, 11) is 0. The number of benzene rings is 1. The number of nitrogens with two attached hydrogens (primary N) is 2. The van der Waals surface area contributed by atoms with Gasteiger partial charge in [0.2, 0.25) is 5.96 Å². The van der Waals surface area contributed by atoms with Crippen molar-refractivity contribution in [1.82, 2.24) is 0 Å². The van der Waals surface area contributed by atoms with Crippen LogP contribution in [0.2, 0.25) is 0 Å². The molecule has 1 saturated carbocycles. The second-order valence-electron chi connectivity index (χ2n) is 6.80. The maximum Gasteiger partial charge on any atom is 0.326 e. The zero-order valence-corrected chi connectivity index (χ0v) is 16.1. The first-order chi connectivity index (χ1) is 11.5. The summed E-state index contributed by atoms with van der Waals surface area (Å²) in [6.07, 6.45) is 8.98. The van der Waals surface area contributed by atoms with Crippen LogP contribution in [0.4, 0.5) is 10.5 Å². The fourth-order valence-corrected chi connectivity index (χ4v) is 3.62. The van der Waals surface area contributed by atoms with Crippen LogP contribution in [0.25, 0.3) is 0 Å². The number of carbonyl (C=O) groups is 1. The van der Waals surface area contributed by atoms with Crippen molar-refractivity contribution in [3.63, 3.8) is 0 Å². The molecule has 0 bridgehead atoms. The maximum absolute atomic E-state index is 11.9. The fraction of sp³-hybridized carbons (Fsp3) is 0.579. The minimum absolute atomic E-state index is 0. The Kier molecular flexibility index (Phi) is 8.76. The van der Waals surface area contributed by atoms with Crippen LogP contribution in [0, 0.1) is 19.8 Å². The van der Waals surface area contributed by atoms with E-state index in [0.717, 1.165) is 29.2 Å². The number of halogens is 1. The average molecular weight is 367 g/mol. The lowest BCUT2D eigenvalue weighted by Crippen LogP contribution is -2.46. The molecule has 0 unspecified atom stereocenters. The molecule has 0 atom stereocenters. The van der Waals surface area contributed by atoms with E-state index in [9.17, 15) is 4.79 Å². The van der Waals surface area contributed by atoms with Gasteiger partial charge in [0.05, 0.1) is 5.69 Å². The van der Waals surface area contributed by atoms with E-state index in [-0.39, 0.29) is 18.4 Å². The number of urea groups is 1. The number of para-hydroxylation sites is 1. The lowest BCUT2D eigenvalue weighted by Gasteiger charge is -2.23. The Labute approximate surface area is 157 Å². The summed E-state index contributed by atoms with van der Waals surface area (Å²) in [5, 5.41) is 0. The number of hydrogen-bond acceptors (Lipinski definition) is 2. The summed E-state index contributed by atoms with van der Waals surface area (Å²) in [5.41, 5.74) is 14.3. The number of nitrogens with zero attached hydrogens (tertiary/aromatic N) is 2. The topological polar surface area (TPSA) is 84.7 Å². The number of amides is 2. The third kappa shape index (κ3) is 5.92. The molecule has 0 aliphatic heterocycles. The molecule has 0 spiro atoms. The predicted octanol–water partition coefficient (Wildman–Crippen LogP) is 4.29. The number of aliphatic imine (C=N–C) groups is 1. The molecule has 1 fully saturated rings. The van der Waals surface area contributed by atoms with Gasteiger partial charge in [0.1, 0.15) is 0 Å². The summed E-state index contributed by atoms with van der Waals surface area (Å²) in [6, 6.07) is 5.23. The second kappa shape index (κ2) is 10.3. The van der Waals surface area contributed by atoms with Crippen molar-refractivity contribution >= 4 is 30.1 Å². The lowest BCUT2D eigenvalue weighted by atomic mass is 9.86. The standard InChI is InChI=1S/C19H30N4O.ClH/c1-14-8-6-9-15(2)17(14)23(19(21)24)18(20)22-13-7-12-16-10-4-3-5-11-16;/h6,8-9,16H,3-5,7,10-13H2,1-2H3,(H2,20,22)(H2,21,24);1H. The summed E-state index contributed by atoms with van der Waals surface area (Å²) in [4.78, 5) is 17.6. The molecule has 2 amide bonds. The van der Waals surface area contributed by atoms with Gasteiger partial charge in [0, 0.05) is 6.54 Å². The Bertz CT molecular complexity index is 577. The molecule has 1 aromatic carbocycles. The number of rotatable bonds is 5. The summed E-state index contributed by atoms with van der Waals surface area (Å²) in [6.45, 7) is 4.51. The number of anilines is 1. The van der Waals surface area contributed by atoms with Crippen LogP contribution in [0.15, 0.2) is 23.2 Å². The molecule has 4 N–H and O–H groups in total. The molecule has 140 valence electrons. The zero-order chi connectivity index (χ0) is 17.5. The molecule has 6 heteroatoms. The Morgan fingerprint density at radius 1 is 1.16 bits per heavy atom. The van der Waals surface area contributed by atoms with E-state index in [0.29, 0.717) is 6.54 Å². The molecule has 2 rings (SSSR count). The third-order valence-corrected chi connectivity index (χ3v) is 4.88. The van der Waals surface area contributed by atoms with Gasteiger partial charge in [0.25, 0.3) is 0 Å². The van der Waals surface area contributed by atoms with E-state index in [4.69, 9.17) is 11.5 Å². The number of aryl methyl sites for hydroxylation is 2. The Morgan fingerprint density at radius 2 is 1.76 bits per heavy atom. The normalized spacial score (nSPS) is 15.5. The van der Waals surface area contributed by atoms with E-state index in [1.807, 2.05) is 32.0 Å². The molecule has 1 aliphatic rings. The highest BCUT2D eigenvalue weighted by Crippen LogP contribution is 2.27. The van der Waals surface area contributed by atoms with Crippen molar-refractivity contribution in [3.05, 3.63) is 29.3 Å². The van der Waals surface area contributed by atoms with E-state index in [2.05, 4.69) is 4.99 Å². The van der Waals surface area contributed by atoms with E-state index >= 15 is 0 Å². The largest absolute Gasteiger partial charge is 0.369 e. The minimum atomic E-state index is -0.596. The monoisotopic (exact) mass is 366 g/mol. The molecule has 1 aliphatic carbocycles. The molecular weight excluding hydrogens is 336 g/mol. The maximum atomic E-state index is 11.9. The first kappa shape index (κ1) is 21.3. The summed E-state index contributed by atoms with van der Waals surface area (Å²) >= 11 is 0. The van der Waals surface area contributed by atoms with Gasteiger partial charge >= 0.3 is 6.03 Å². The Hall–Kier alpha value is -1.75. The van der Waals surface area contributed by atoms with Gasteiger partial charge in [0.15, 0.2) is 0 Å². The predicted molar refractivity (Wildman–Crippen MR) is 108 cm³/mol. The van der Waals surface area contributed by atoms with Crippen molar-refractivity contribution in [1.29, 1.82) is 0 Å². The van der Waals surface area contributed by atoms with Gasteiger partial charge in [-0.2, -0.15) is 0 Å². The highest BCUT2D eigenvalue weighted by molar-refractivity contribution is 6.15. The Morgan fingerprint density at radius 3 is 2.32 bits per heavy atom. The van der Waals surface area contributed by atoms with Crippen molar-refractivity contribution in [3.8, 4) is 0 Å². The van der Waals surface area contributed by atoms with Crippen LogP contribution in [0.1, 0.15) is 56.1 Å². The minimum Gasteiger partial charge on any atom is -0.369 e. The molecule has 0 saturated heterocycles.